The Hall–Kier alpha value is -0.900. The number of hydrogen-bond donors (Lipinski definition) is 1. The van der Waals surface area contributed by atoms with Crippen LogP contribution in [0.1, 0.15) is 13.8 Å². The van der Waals surface area contributed by atoms with Crippen LogP contribution < -0.4 is 5.43 Å². The summed E-state index contributed by atoms with van der Waals surface area (Å²) in [4.78, 5) is 12.7. The highest BCUT2D eigenvalue weighted by atomic mass is 16.2. The second-order valence-corrected chi connectivity index (χ2v) is 2.83. The van der Waals surface area contributed by atoms with Crippen LogP contribution in [0.2, 0.25) is 0 Å². The number of carbonyl (C=O) groups excluding carboxylic acids is 1. The molecule has 0 aromatic heterocycles. The van der Waals surface area contributed by atoms with Crippen molar-refractivity contribution < 1.29 is 4.79 Å². The summed E-state index contributed by atoms with van der Waals surface area (Å²) in [7, 11) is 3.67. The van der Waals surface area contributed by atoms with Crippen molar-refractivity contribution in [2.45, 2.75) is 13.8 Å². The van der Waals surface area contributed by atoms with E-state index >= 15 is 0 Å². The summed E-state index contributed by atoms with van der Waals surface area (Å²) < 4.78 is 0. The fraction of sp³-hybridized carbons (Fsp3) is 0.714. The molecule has 0 aromatic rings. The first-order valence-electron chi connectivity index (χ1n) is 3.47. The van der Waals surface area contributed by atoms with E-state index in [1.807, 2.05) is 27.9 Å². The van der Waals surface area contributed by atoms with Crippen molar-refractivity contribution in [3.8, 4) is 0 Å². The van der Waals surface area contributed by atoms with Crippen LogP contribution in [0.4, 0.5) is 0 Å². The molecule has 4 heteroatoms. The Kier molecular flexibility index (Phi) is 4.45. The van der Waals surface area contributed by atoms with Gasteiger partial charge in [-0.25, -0.2) is 5.43 Å². The molecule has 4 nitrogen and oxygen atoms in total. The van der Waals surface area contributed by atoms with Gasteiger partial charge in [-0.3, -0.25) is 4.79 Å². The molecule has 11 heavy (non-hydrogen) atoms. The Balaban J connectivity index is 3.62. The molecule has 0 atom stereocenters. The minimum Gasteiger partial charge on any atom is -0.301 e. The minimum atomic E-state index is -0.0869. The molecule has 0 rings (SSSR count). The van der Waals surface area contributed by atoms with Gasteiger partial charge in [-0.1, -0.05) is 0 Å². The normalized spacial score (nSPS) is 9.55. The van der Waals surface area contributed by atoms with Gasteiger partial charge in [0.05, 0.1) is 6.54 Å². The summed E-state index contributed by atoms with van der Waals surface area (Å²) in [6.07, 6.45) is 0. The van der Waals surface area contributed by atoms with Crippen LogP contribution in [0.25, 0.3) is 0 Å². The summed E-state index contributed by atoms with van der Waals surface area (Å²) in [5.41, 5.74) is 3.27. The van der Waals surface area contributed by atoms with E-state index in [-0.39, 0.29) is 5.91 Å². The Morgan fingerprint density at radius 3 is 2.36 bits per heavy atom. The number of nitrogens with one attached hydrogen (secondary N) is 1. The lowest BCUT2D eigenvalue weighted by Crippen LogP contribution is -2.30. The molecule has 0 radical (unpaired) electrons. The van der Waals surface area contributed by atoms with Gasteiger partial charge in [0, 0.05) is 5.71 Å². The minimum absolute atomic E-state index is 0.0869. The zero-order valence-corrected chi connectivity index (χ0v) is 7.51. The first-order valence-corrected chi connectivity index (χ1v) is 3.47. The maximum Gasteiger partial charge on any atom is 0.254 e. The number of likely N-dealkylation sites (N-methyl/N-ethyl adjacent to an activating group) is 1. The standard InChI is InChI=1S/C7H15N3O/c1-6(2)8-9-7(11)5-10(3)4/h5H2,1-4H3,(H,9,11). The molecule has 0 saturated heterocycles. The number of hydrogen-bond acceptors (Lipinski definition) is 3. The van der Waals surface area contributed by atoms with E-state index in [4.69, 9.17) is 0 Å². The van der Waals surface area contributed by atoms with E-state index in [9.17, 15) is 4.79 Å². The predicted octanol–water partition coefficient (Wildman–Crippen LogP) is 0.0600. The fourth-order valence-corrected chi connectivity index (χ4v) is 0.497. The van der Waals surface area contributed by atoms with Crippen LogP contribution >= 0.6 is 0 Å². The zero-order chi connectivity index (χ0) is 8.85. The third-order valence-electron chi connectivity index (χ3n) is 0.864. The average Bonchev–Trinajstić information content (AvgIpc) is 1.82. The molecule has 0 saturated carbocycles. The van der Waals surface area contributed by atoms with Gasteiger partial charge in [0.2, 0.25) is 0 Å². The Morgan fingerprint density at radius 1 is 1.45 bits per heavy atom. The van der Waals surface area contributed by atoms with Crippen molar-refractivity contribution >= 4 is 11.6 Å². The maximum atomic E-state index is 10.9. The number of rotatable bonds is 3. The quantitative estimate of drug-likeness (QED) is 0.465. The SMILES string of the molecule is CC(C)=NNC(=O)CN(C)C. The lowest BCUT2D eigenvalue weighted by molar-refractivity contribution is -0.121. The topological polar surface area (TPSA) is 44.7 Å². The van der Waals surface area contributed by atoms with Gasteiger partial charge >= 0.3 is 0 Å². The average molecular weight is 157 g/mol. The molecule has 0 spiro atoms. The monoisotopic (exact) mass is 157 g/mol. The van der Waals surface area contributed by atoms with Crippen molar-refractivity contribution in [3.63, 3.8) is 0 Å². The van der Waals surface area contributed by atoms with E-state index in [2.05, 4.69) is 10.5 Å². The molecule has 0 bridgehead atoms. The summed E-state index contributed by atoms with van der Waals surface area (Å²) in [5.74, 6) is -0.0869. The zero-order valence-electron chi connectivity index (χ0n) is 7.51. The molecule has 64 valence electrons. The second-order valence-electron chi connectivity index (χ2n) is 2.83. The predicted molar refractivity (Wildman–Crippen MR) is 45.5 cm³/mol. The molecular weight excluding hydrogens is 142 g/mol. The van der Waals surface area contributed by atoms with E-state index in [1.165, 1.54) is 0 Å². The van der Waals surface area contributed by atoms with Gasteiger partial charge in [-0.15, -0.1) is 0 Å². The van der Waals surface area contributed by atoms with Crippen molar-refractivity contribution in [2.75, 3.05) is 20.6 Å². The summed E-state index contributed by atoms with van der Waals surface area (Å²) in [6.45, 7) is 4.03. The van der Waals surface area contributed by atoms with Crippen molar-refractivity contribution in [3.05, 3.63) is 0 Å². The first kappa shape index (κ1) is 10.1. The lowest BCUT2D eigenvalue weighted by Gasteiger charge is -2.06. The fourth-order valence-electron chi connectivity index (χ4n) is 0.497. The van der Waals surface area contributed by atoms with Gasteiger partial charge < -0.3 is 4.90 Å². The van der Waals surface area contributed by atoms with E-state index in [1.54, 1.807) is 4.90 Å². The van der Waals surface area contributed by atoms with Gasteiger partial charge in [-0.2, -0.15) is 5.10 Å². The van der Waals surface area contributed by atoms with E-state index < -0.39 is 0 Å². The highest BCUT2D eigenvalue weighted by molar-refractivity contribution is 5.83. The molecule has 0 aliphatic heterocycles. The number of nitrogens with zero attached hydrogens (tertiary/aromatic N) is 2. The molecule has 0 heterocycles. The lowest BCUT2D eigenvalue weighted by atomic mass is 10.5. The smallest absolute Gasteiger partial charge is 0.254 e. The second kappa shape index (κ2) is 4.85. The van der Waals surface area contributed by atoms with Crippen LogP contribution in [0.3, 0.4) is 0 Å². The Bertz CT molecular complexity index is 159. The third-order valence-corrected chi connectivity index (χ3v) is 0.864. The number of amides is 1. The van der Waals surface area contributed by atoms with Gasteiger partial charge in [-0.05, 0) is 27.9 Å². The maximum absolute atomic E-state index is 10.9. The third kappa shape index (κ3) is 6.99. The highest BCUT2D eigenvalue weighted by Gasteiger charge is 1.99. The largest absolute Gasteiger partial charge is 0.301 e. The summed E-state index contributed by atoms with van der Waals surface area (Å²) in [6, 6.07) is 0. The van der Waals surface area contributed by atoms with Crippen molar-refractivity contribution in [1.29, 1.82) is 0 Å². The molecule has 0 unspecified atom stereocenters. The summed E-state index contributed by atoms with van der Waals surface area (Å²) in [5, 5.41) is 3.77. The molecule has 0 aliphatic rings. The van der Waals surface area contributed by atoms with E-state index in [0.29, 0.717) is 6.54 Å². The van der Waals surface area contributed by atoms with Gasteiger partial charge in [0.25, 0.3) is 5.91 Å². The Morgan fingerprint density at radius 2 is 2.00 bits per heavy atom. The Labute approximate surface area is 67.3 Å². The van der Waals surface area contributed by atoms with Crippen LogP contribution in [0, 0.1) is 0 Å². The van der Waals surface area contributed by atoms with Crippen LogP contribution in [-0.4, -0.2) is 37.2 Å². The highest BCUT2D eigenvalue weighted by Crippen LogP contribution is 1.75. The molecule has 0 aromatic carbocycles. The molecule has 0 aliphatic carbocycles. The summed E-state index contributed by atoms with van der Waals surface area (Å²) >= 11 is 0. The van der Waals surface area contributed by atoms with Gasteiger partial charge in [0.15, 0.2) is 0 Å². The number of hydrazone groups is 1. The van der Waals surface area contributed by atoms with E-state index in [0.717, 1.165) is 5.71 Å². The van der Waals surface area contributed by atoms with Crippen molar-refractivity contribution in [1.82, 2.24) is 10.3 Å². The molecule has 0 fully saturated rings. The number of carbonyl (C=O) groups is 1. The van der Waals surface area contributed by atoms with Crippen LogP contribution in [0.5, 0.6) is 0 Å². The molecular formula is C7H15N3O. The van der Waals surface area contributed by atoms with Crippen LogP contribution in [-0.2, 0) is 4.79 Å². The first-order chi connectivity index (χ1) is 5.02. The van der Waals surface area contributed by atoms with Crippen molar-refractivity contribution in [2.24, 2.45) is 5.10 Å². The molecule has 1 amide bonds. The van der Waals surface area contributed by atoms with Crippen LogP contribution in [0.15, 0.2) is 5.10 Å². The molecule has 1 N–H and O–H groups in total. The van der Waals surface area contributed by atoms with Gasteiger partial charge in [0.1, 0.15) is 0 Å².